The molecule has 1 aromatic carbocycles. The molecule has 0 saturated heterocycles. The molecule has 0 aliphatic carbocycles. The lowest BCUT2D eigenvalue weighted by Crippen LogP contribution is -2.45. The lowest BCUT2D eigenvalue weighted by atomic mass is 9.92. The normalized spacial score (nSPS) is 14.4. The third-order valence-corrected chi connectivity index (χ3v) is 5.90. The second-order valence-electron chi connectivity index (χ2n) is 5.62. The average molecular weight is 283 g/mol. The third kappa shape index (κ3) is 3.57. The van der Waals surface area contributed by atoms with E-state index in [0.29, 0.717) is 0 Å². The second-order valence-corrected chi connectivity index (χ2v) is 8.22. The molecule has 0 amide bonds. The molecule has 1 rings (SSSR count). The zero-order chi connectivity index (χ0) is 14.7. The highest BCUT2D eigenvalue weighted by Gasteiger charge is 2.40. The van der Waals surface area contributed by atoms with Crippen LogP contribution in [0.5, 0.6) is 0 Å². The quantitative estimate of drug-likeness (QED) is 0.873. The van der Waals surface area contributed by atoms with Crippen molar-refractivity contribution in [2.45, 2.75) is 44.9 Å². The zero-order valence-electron chi connectivity index (χ0n) is 12.5. The molecule has 0 aliphatic heterocycles. The first-order valence-electron chi connectivity index (χ1n) is 6.70. The van der Waals surface area contributed by atoms with Crippen molar-refractivity contribution in [3.63, 3.8) is 0 Å². The maximum Gasteiger partial charge on any atom is 0.154 e. The summed E-state index contributed by atoms with van der Waals surface area (Å²) >= 11 is 0. The highest BCUT2D eigenvalue weighted by atomic mass is 32.2. The average Bonchev–Trinajstić information content (AvgIpc) is 2.30. The van der Waals surface area contributed by atoms with E-state index >= 15 is 0 Å². The van der Waals surface area contributed by atoms with Crippen LogP contribution >= 0.6 is 0 Å². The Balaban J connectivity index is 3.27. The maximum absolute atomic E-state index is 12.1. The second kappa shape index (κ2) is 6.06. The van der Waals surface area contributed by atoms with Crippen molar-refractivity contribution < 1.29 is 8.42 Å². The molecule has 0 saturated carbocycles. The first-order chi connectivity index (χ1) is 8.71. The number of nitrogens with one attached hydrogen (secondary N) is 1. The van der Waals surface area contributed by atoms with Gasteiger partial charge in [-0.05, 0) is 44.9 Å². The first kappa shape index (κ1) is 16.2. The van der Waals surface area contributed by atoms with Crippen molar-refractivity contribution in [1.29, 1.82) is 0 Å². The van der Waals surface area contributed by atoms with Crippen molar-refractivity contribution in [3.05, 3.63) is 35.4 Å². The Bertz CT molecular complexity index is 521. The van der Waals surface area contributed by atoms with Crippen LogP contribution in [0.25, 0.3) is 0 Å². The summed E-state index contributed by atoms with van der Waals surface area (Å²) in [4.78, 5) is 0. The number of aryl methyl sites for hydroxylation is 1. The van der Waals surface area contributed by atoms with Gasteiger partial charge in [0, 0.05) is 6.26 Å². The van der Waals surface area contributed by atoms with E-state index < -0.39 is 14.6 Å². The lowest BCUT2D eigenvalue weighted by Gasteiger charge is -2.34. The van der Waals surface area contributed by atoms with Crippen LogP contribution in [-0.4, -0.2) is 26.0 Å². The predicted octanol–water partition coefficient (Wildman–Crippen LogP) is 2.86. The molecule has 0 radical (unpaired) electrons. The minimum Gasteiger partial charge on any atom is -0.309 e. The fourth-order valence-electron chi connectivity index (χ4n) is 2.14. The number of hydrogen-bond donors (Lipinski definition) is 1. The van der Waals surface area contributed by atoms with Crippen molar-refractivity contribution >= 4 is 9.84 Å². The Hall–Kier alpha value is -0.870. The van der Waals surface area contributed by atoms with Crippen molar-refractivity contribution in [2.75, 3.05) is 12.8 Å². The molecule has 4 heteroatoms. The van der Waals surface area contributed by atoms with Crippen LogP contribution in [0.1, 0.15) is 44.4 Å². The Labute approximate surface area is 117 Å². The van der Waals surface area contributed by atoms with Crippen molar-refractivity contribution in [2.24, 2.45) is 0 Å². The summed E-state index contributed by atoms with van der Waals surface area (Å²) < 4.78 is 23.4. The van der Waals surface area contributed by atoms with E-state index in [4.69, 9.17) is 0 Å². The Kier molecular flexibility index (Phi) is 5.16. The largest absolute Gasteiger partial charge is 0.309 e. The van der Waals surface area contributed by atoms with E-state index in [1.165, 1.54) is 6.26 Å². The van der Waals surface area contributed by atoms with Gasteiger partial charge in [0.15, 0.2) is 9.84 Å². The number of rotatable bonds is 6. The van der Waals surface area contributed by atoms with Gasteiger partial charge < -0.3 is 5.32 Å². The van der Waals surface area contributed by atoms with Crippen molar-refractivity contribution in [1.82, 2.24) is 5.32 Å². The molecule has 1 unspecified atom stereocenters. The Morgan fingerprint density at radius 1 is 1.26 bits per heavy atom. The summed E-state index contributed by atoms with van der Waals surface area (Å²) in [7, 11) is -3.16. The van der Waals surface area contributed by atoms with E-state index in [1.807, 2.05) is 31.2 Å². The summed E-state index contributed by atoms with van der Waals surface area (Å²) in [6.07, 6.45) is 2.29. The monoisotopic (exact) mass is 283 g/mol. The molecule has 0 heterocycles. The molecular weight excluding hydrogens is 258 g/mol. The lowest BCUT2D eigenvalue weighted by molar-refractivity contribution is 0.419. The smallest absolute Gasteiger partial charge is 0.154 e. The summed E-state index contributed by atoms with van der Waals surface area (Å²) in [5, 5.41) is 3.39. The molecule has 1 atom stereocenters. The molecule has 0 aromatic heterocycles. The molecule has 1 aromatic rings. The number of hydrogen-bond acceptors (Lipinski definition) is 3. The predicted molar refractivity (Wildman–Crippen MR) is 81.1 cm³/mol. The van der Waals surface area contributed by atoms with E-state index in [1.54, 1.807) is 13.8 Å². The van der Waals surface area contributed by atoms with Crippen LogP contribution in [-0.2, 0) is 9.84 Å². The van der Waals surface area contributed by atoms with Crippen LogP contribution in [0.2, 0.25) is 0 Å². The van der Waals surface area contributed by atoms with Crippen LogP contribution in [0.4, 0.5) is 0 Å². The fourth-order valence-corrected chi connectivity index (χ4v) is 2.78. The third-order valence-electron chi connectivity index (χ3n) is 3.75. The van der Waals surface area contributed by atoms with Gasteiger partial charge in [-0.2, -0.15) is 0 Å². The minimum absolute atomic E-state index is 0.191. The number of benzene rings is 1. The number of sulfone groups is 1. The van der Waals surface area contributed by atoms with Crippen molar-refractivity contribution in [3.8, 4) is 0 Å². The Morgan fingerprint density at radius 2 is 1.84 bits per heavy atom. The molecule has 108 valence electrons. The topological polar surface area (TPSA) is 46.2 Å². The van der Waals surface area contributed by atoms with E-state index in [-0.39, 0.29) is 6.04 Å². The molecule has 1 N–H and O–H groups in total. The molecular formula is C15H25NO2S. The minimum atomic E-state index is -3.16. The molecule has 19 heavy (non-hydrogen) atoms. The molecule has 0 aliphatic rings. The van der Waals surface area contributed by atoms with Crippen LogP contribution in [0, 0.1) is 6.92 Å². The SMILES string of the molecule is CCCNC(c1ccccc1C)C(C)(C)S(C)(=O)=O. The zero-order valence-corrected chi connectivity index (χ0v) is 13.3. The Morgan fingerprint density at radius 3 is 2.32 bits per heavy atom. The van der Waals surface area contributed by atoms with Gasteiger partial charge in [-0.3, -0.25) is 0 Å². The van der Waals surface area contributed by atoms with Gasteiger partial charge in [-0.1, -0.05) is 31.2 Å². The summed E-state index contributed by atoms with van der Waals surface area (Å²) in [5.41, 5.74) is 2.18. The van der Waals surface area contributed by atoms with Crippen LogP contribution in [0.3, 0.4) is 0 Å². The van der Waals surface area contributed by atoms with Gasteiger partial charge in [0.2, 0.25) is 0 Å². The summed E-state index contributed by atoms with van der Waals surface area (Å²) in [5.74, 6) is 0. The van der Waals surface area contributed by atoms with E-state index in [2.05, 4.69) is 12.2 Å². The van der Waals surface area contributed by atoms with Gasteiger partial charge in [-0.25, -0.2) is 8.42 Å². The summed E-state index contributed by atoms with van der Waals surface area (Å²) in [6.45, 7) is 8.49. The first-order valence-corrected chi connectivity index (χ1v) is 8.59. The molecule has 3 nitrogen and oxygen atoms in total. The highest BCUT2D eigenvalue weighted by Crippen LogP contribution is 2.33. The molecule has 0 fully saturated rings. The van der Waals surface area contributed by atoms with Gasteiger partial charge in [0.1, 0.15) is 0 Å². The highest BCUT2D eigenvalue weighted by molar-refractivity contribution is 7.92. The van der Waals surface area contributed by atoms with E-state index in [0.717, 1.165) is 24.1 Å². The maximum atomic E-state index is 12.1. The van der Waals surface area contributed by atoms with Gasteiger partial charge in [0.25, 0.3) is 0 Å². The fraction of sp³-hybridized carbons (Fsp3) is 0.600. The summed E-state index contributed by atoms with van der Waals surface area (Å²) in [6, 6.07) is 7.78. The molecule has 0 bridgehead atoms. The van der Waals surface area contributed by atoms with Crippen LogP contribution in [0.15, 0.2) is 24.3 Å². The standard InChI is InChI=1S/C15H25NO2S/c1-6-11-16-14(15(3,4)19(5,17)18)13-10-8-7-9-12(13)2/h7-10,14,16H,6,11H2,1-5H3. The van der Waals surface area contributed by atoms with Gasteiger partial charge in [0.05, 0.1) is 10.8 Å². The van der Waals surface area contributed by atoms with Gasteiger partial charge >= 0.3 is 0 Å². The molecule has 0 spiro atoms. The van der Waals surface area contributed by atoms with E-state index in [9.17, 15) is 8.42 Å². The van der Waals surface area contributed by atoms with Gasteiger partial charge in [-0.15, -0.1) is 0 Å². The van der Waals surface area contributed by atoms with Crippen LogP contribution < -0.4 is 5.32 Å².